The van der Waals surface area contributed by atoms with Crippen LogP contribution in [0.1, 0.15) is 45.4 Å². The highest BCUT2D eigenvalue weighted by Crippen LogP contribution is 2.44. The molecule has 2 heterocycles. The van der Waals surface area contributed by atoms with Gasteiger partial charge in [0.1, 0.15) is 17.3 Å². The van der Waals surface area contributed by atoms with Gasteiger partial charge in [-0.25, -0.2) is 9.97 Å². The fraction of sp³-hybridized carbons (Fsp3) is 0.500. The predicted octanol–water partition coefficient (Wildman–Crippen LogP) is 3.17. The zero-order valence-corrected chi connectivity index (χ0v) is 13.1. The van der Waals surface area contributed by atoms with Crippen molar-refractivity contribution >= 4 is 5.82 Å². The van der Waals surface area contributed by atoms with Gasteiger partial charge in [-0.3, -0.25) is 0 Å². The molecule has 1 saturated carbocycles. The number of pyridine rings is 1. The summed E-state index contributed by atoms with van der Waals surface area (Å²) in [5.41, 5.74) is 8.07. The van der Waals surface area contributed by atoms with Gasteiger partial charge in [-0.1, -0.05) is 0 Å². The van der Waals surface area contributed by atoms with Gasteiger partial charge in [0, 0.05) is 29.3 Å². The molecule has 0 atom stereocenters. The SMILES string of the molecule is COc1ccc(-c2nc(C3CC3)n(C(C)(C)C)c2N)cn1. The first-order valence-electron chi connectivity index (χ1n) is 7.31. The summed E-state index contributed by atoms with van der Waals surface area (Å²) < 4.78 is 7.27. The van der Waals surface area contributed by atoms with Gasteiger partial charge in [0.25, 0.3) is 0 Å². The summed E-state index contributed by atoms with van der Waals surface area (Å²) in [6.07, 6.45) is 4.17. The highest BCUT2D eigenvalue weighted by molar-refractivity contribution is 5.71. The number of methoxy groups -OCH3 is 1. The second-order valence-electron chi connectivity index (χ2n) is 6.57. The highest BCUT2D eigenvalue weighted by atomic mass is 16.5. The molecule has 0 bridgehead atoms. The number of aromatic nitrogens is 3. The van der Waals surface area contributed by atoms with Crippen molar-refractivity contribution in [2.45, 2.75) is 45.1 Å². The number of anilines is 1. The Morgan fingerprint density at radius 2 is 2.00 bits per heavy atom. The van der Waals surface area contributed by atoms with E-state index in [2.05, 4.69) is 30.3 Å². The van der Waals surface area contributed by atoms with Crippen LogP contribution in [0.15, 0.2) is 18.3 Å². The summed E-state index contributed by atoms with van der Waals surface area (Å²) >= 11 is 0. The molecule has 5 heteroatoms. The van der Waals surface area contributed by atoms with Gasteiger partial charge in [-0.05, 0) is 39.7 Å². The minimum Gasteiger partial charge on any atom is -0.481 e. The number of imidazole rings is 1. The number of nitrogens with zero attached hydrogens (tertiary/aromatic N) is 3. The molecular weight excluding hydrogens is 264 g/mol. The van der Waals surface area contributed by atoms with Gasteiger partial charge in [0.15, 0.2) is 0 Å². The lowest BCUT2D eigenvalue weighted by molar-refractivity contribution is 0.388. The number of ether oxygens (including phenoxy) is 1. The lowest BCUT2D eigenvalue weighted by Crippen LogP contribution is -2.25. The third-order valence-corrected chi connectivity index (χ3v) is 3.77. The Kier molecular flexibility index (Phi) is 3.15. The van der Waals surface area contributed by atoms with Crippen LogP contribution in [-0.2, 0) is 5.54 Å². The molecule has 1 fully saturated rings. The predicted molar refractivity (Wildman–Crippen MR) is 83.4 cm³/mol. The molecule has 0 aliphatic heterocycles. The van der Waals surface area contributed by atoms with Gasteiger partial charge in [-0.2, -0.15) is 0 Å². The fourth-order valence-electron chi connectivity index (χ4n) is 2.63. The van der Waals surface area contributed by atoms with E-state index in [0.29, 0.717) is 11.8 Å². The first-order valence-corrected chi connectivity index (χ1v) is 7.31. The Labute approximate surface area is 125 Å². The molecule has 3 rings (SSSR count). The van der Waals surface area contributed by atoms with Crippen molar-refractivity contribution in [3.63, 3.8) is 0 Å². The Morgan fingerprint density at radius 3 is 2.48 bits per heavy atom. The Morgan fingerprint density at radius 1 is 1.29 bits per heavy atom. The van der Waals surface area contributed by atoms with Crippen LogP contribution in [0, 0.1) is 0 Å². The minimum atomic E-state index is -0.0762. The van der Waals surface area contributed by atoms with Crippen LogP contribution in [0.4, 0.5) is 5.82 Å². The smallest absolute Gasteiger partial charge is 0.212 e. The molecular formula is C16H22N4O. The molecule has 0 unspecified atom stereocenters. The molecule has 21 heavy (non-hydrogen) atoms. The van der Waals surface area contributed by atoms with Crippen molar-refractivity contribution in [1.82, 2.24) is 14.5 Å². The first-order chi connectivity index (χ1) is 9.91. The minimum absolute atomic E-state index is 0.0762. The van der Waals surface area contributed by atoms with Gasteiger partial charge < -0.3 is 15.0 Å². The molecule has 2 aromatic rings. The van der Waals surface area contributed by atoms with Crippen LogP contribution in [0.25, 0.3) is 11.3 Å². The summed E-state index contributed by atoms with van der Waals surface area (Å²) in [7, 11) is 1.61. The maximum Gasteiger partial charge on any atom is 0.212 e. The van der Waals surface area contributed by atoms with Gasteiger partial charge >= 0.3 is 0 Å². The van der Waals surface area contributed by atoms with Crippen molar-refractivity contribution in [1.29, 1.82) is 0 Å². The molecule has 2 aromatic heterocycles. The lowest BCUT2D eigenvalue weighted by Gasteiger charge is -2.25. The highest BCUT2D eigenvalue weighted by Gasteiger charge is 2.34. The van der Waals surface area contributed by atoms with Gasteiger partial charge in [-0.15, -0.1) is 0 Å². The normalized spacial score (nSPS) is 15.2. The van der Waals surface area contributed by atoms with E-state index in [4.69, 9.17) is 15.5 Å². The number of hydrogen-bond acceptors (Lipinski definition) is 4. The van der Waals surface area contributed by atoms with E-state index >= 15 is 0 Å². The van der Waals surface area contributed by atoms with Gasteiger partial charge in [0.05, 0.1) is 7.11 Å². The standard InChI is InChI=1S/C16H22N4O/c1-16(2,3)20-14(17)13(19-15(20)10-5-6-10)11-7-8-12(21-4)18-9-11/h7-10H,5-6,17H2,1-4H3. The first kappa shape index (κ1) is 13.9. The van der Waals surface area contributed by atoms with E-state index < -0.39 is 0 Å². The number of rotatable bonds is 3. The van der Waals surface area contributed by atoms with E-state index in [1.165, 1.54) is 12.8 Å². The lowest BCUT2D eigenvalue weighted by atomic mass is 10.1. The summed E-state index contributed by atoms with van der Waals surface area (Å²) in [5, 5.41) is 0. The van der Waals surface area contributed by atoms with E-state index in [9.17, 15) is 0 Å². The summed E-state index contributed by atoms with van der Waals surface area (Å²) in [6, 6.07) is 3.79. The molecule has 1 aliphatic rings. The van der Waals surface area contributed by atoms with E-state index in [1.807, 2.05) is 12.1 Å². The average Bonchev–Trinajstić information content (AvgIpc) is 3.21. The molecule has 0 spiro atoms. The molecule has 0 aromatic carbocycles. The topological polar surface area (TPSA) is 66.0 Å². The maximum absolute atomic E-state index is 6.40. The van der Waals surface area contributed by atoms with E-state index in [-0.39, 0.29) is 5.54 Å². The van der Waals surface area contributed by atoms with Gasteiger partial charge in [0.2, 0.25) is 5.88 Å². The zero-order chi connectivity index (χ0) is 15.2. The maximum atomic E-state index is 6.40. The second kappa shape index (κ2) is 4.76. The van der Waals surface area contributed by atoms with Crippen LogP contribution in [0.3, 0.4) is 0 Å². The Bertz CT molecular complexity index is 648. The number of nitrogen functional groups attached to an aromatic ring is 1. The molecule has 2 N–H and O–H groups in total. The monoisotopic (exact) mass is 286 g/mol. The van der Waals surface area contributed by atoms with E-state index in [0.717, 1.165) is 22.9 Å². The molecule has 5 nitrogen and oxygen atoms in total. The Hall–Kier alpha value is -2.04. The largest absolute Gasteiger partial charge is 0.481 e. The average molecular weight is 286 g/mol. The van der Waals surface area contributed by atoms with Crippen molar-refractivity contribution in [2.24, 2.45) is 0 Å². The second-order valence-corrected chi connectivity index (χ2v) is 6.57. The van der Waals surface area contributed by atoms with Crippen LogP contribution < -0.4 is 10.5 Å². The van der Waals surface area contributed by atoms with Crippen LogP contribution in [0.2, 0.25) is 0 Å². The van der Waals surface area contributed by atoms with Crippen LogP contribution >= 0.6 is 0 Å². The summed E-state index contributed by atoms with van der Waals surface area (Å²) in [5.74, 6) is 2.96. The molecule has 1 aliphatic carbocycles. The Balaban J connectivity index is 2.10. The van der Waals surface area contributed by atoms with Crippen molar-refractivity contribution < 1.29 is 4.74 Å². The molecule has 0 saturated heterocycles. The summed E-state index contributed by atoms with van der Waals surface area (Å²) in [6.45, 7) is 6.48. The van der Waals surface area contributed by atoms with Crippen molar-refractivity contribution in [3.05, 3.63) is 24.2 Å². The molecule has 112 valence electrons. The molecule has 0 radical (unpaired) electrons. The quantitative estimate of drug-likeness (QED) is 0.941. The number of hydrogen-bond donors (Lipinski definition) is 1. The molecule has 0 amide bonds. The van der Waals surface area contributed by atoms with E-state index in [1.54, 1.807) is 13.3 Å². The van der Waals surface area contributed by atoms with Crippen molar-refractivity contribution in [3.8, 4) is 17.1 Å². The van der Waals surface area contributed by atoms with Crippen molar-refractivity contribution in [2.75, 3.05) is 12.8 Å². The van der Waals surface area contributed by atoms with Crippen LogP contribution in [0.5, 0.6) is 5.88 Å². The number of nitrogens with two attached hydrogens (primary N) is 1. The zero-order valence-electron chi connectivity index (χ0n) is 13.1. The third kappa shape index (κ3) is 2.48. The fourth-order valence-corrected chi connectivity index (χ4v) is 2.63. The van der Waals surface area contributed by atoms with Crippen LogP contribution in [-0.4, -0.2) is 21.6 Å². The third-order valence-electron chi connectivity index (χ3n) is 3.77. The summed E-state index contributed by atoms with van der Waals surface area (Å²) in [4.78, 5) is 9.07.